The molecule has 6 nitrogen and oxygen atoms in total. The van der Waals surface area contributed by atoms with Crippen molar-refractivity contribution < 1.29 is 29.2 Å². The van der Waals surface area contributed by atoms with E-state index < -0.39 is 24.4 Å². The predicted molar refractivity (Wildman–Crippen MR) is 117 cm³/mol. The van der Waals surface area contributed by atoms with E-state index in [0.29, 0.717) is 32.3 Å². The highest BCUT2D eigenvalue weighted by Gasteiger charge is 2.27. The van der Waals surface area contributed by atoms with E-state index in [1.807, 2.05) is 0 Å². The van der Waals surface area contributed by atoms with Gasteiger partial charge in [0.1, 0.15) is 18.3 Å². The van der Waals surface area contributed by atoms with E-state index in [1.165, 1.54) is 13.2 Å². The number of allylic oxidation sites excluding steroid dienone is 1. The number of rotatable bonds is 15. The summed E-state index contributed by atoms with van der Waals surface area (Å²) < 4.78 is 16.1. The Morgan fingerprint density at radius 1 is 1.13 bits per heavy atom. The van der Waals surface area contributed by atoms with Crippen molar-refractivity contribution in [2.45, 2.75) is 76.3 Å². The quantitative estimate of drug-likeness (QED) is 0.183. The number of carbonyl (C=O) groups excluding carboxylic acids is 1. The number of aliphatic hydroxyl groups is 2. The van der Waals surface area contributed by atoms with Crippen LogP contribution in [0.1, 0.15) is 51.9 Å². The van der Waals surface area contributed by atoms with E-state index in [4.69, 9.17) is 9.47 Å². The Kier molecular flexibility index (Phi) is 17.6. The van der Waals surface area contributed by atoms with Crippen molar-refractivity contribution in [1.82, 2.24) is 0 Å². The lowest BCUT2D eigenvalue weighted by Crippen LogP contribution is -2.40. The molecule has 0 radical (unpaired) electrons. The molecule has 0 amide bonds. The van der Waals surface area contributed by atoms with Crippen molar-refractivity contribution in [3.63, 3.8) is 0 Å². The van der Waals surface area contributed by atoms with E-state index in [2.05, 4.69) is 41.9 Å². The van der Waals surface area contributed by atoms with Gasteiger partial charge in [-0.25, -0.2) is 0 Å². The van der Waals surface area contributed by atoms with Crippen LogP contribution in [-0.4, -0.2) is 61.4 Å². The van der Waals surface area contributed by atoms with Gasteiger partial charge >= 0.3 is 5.97 Å². The molecule has 4 unspecified atom stereocenters. The predicted octanol–water partition coefficient (Wildman–Crippen LogP) is 2.78. The zero-order chi connectivity index (χ0) is 22.6. The number of methoxy groups -OCH3 is 2. The lowest BCUT2D eigenvalue weighted by atomic mass is 10.0. The fourth-order valence-electron chi connectivity index (χ4n) is 2.60. The van der Waals surface area contributed by atoms with Crippen LogP contribution in [-0.2, 0) is 19.0 Å². The first-order valence-electron chi connectivity index (χ1n) is 10.4. The molecule has 0 aromatic rings. The molecule has 0 aliphatic heterocycles. The standard InChI is InChI=1S/C24H36O6/c1-5-7-10-16-21(26)24(30-19-14-13-18-23(27)29-4)22(28-3)17-12-9-8-11-15-20(25)6-2/h6,12,17,20-22,24-26H,2,5,7,10,13-14,16,18-19H2,1,3-4H3/b17-12+. The van der Waals surface area contributed by atoms with E-state index in [1.54, 1.807) is 19.3 Å². The SMILES string of the molecule is C=CC(O)C#CC#C/C=C/C(OC)C(OCCCCC(=O)OC)C(O)CCCCC. The minimum Gasteiger partial charge on any atom is -0.469 e. The molecule has 6 heteroatoms. The van der Waals surface area contributed by atoms with Crippen LogP contribution >= 0.6 is 0 Å². The number of hydrogen-bond acceptors (Lipinski definition) is 6. The molecule has 0 aromatic heterocycles. The Morgan fingerprint density at radius 2 is 1.90 bits per heavy atom. The van der Waals surface area contributed by atoms with E-state index in [0.717, 1.165) is 19.3 Å². The second-order valence-corrected chi connectivity index (χ2v) is 6.71. The number of esters is 1. The van der Waals surface area contributed by atoms with Gasteiger partial charge in [0.2, 0.25) is 0 Å². The molecule has 0 fully saturated rings. The molecular formula is C24H36O6. The van der Waals surface area contributed by atoms with Gasteiger partial charge in [-0.05, 0) is 43.3 Å². The first-order valence-corrected chi connectivity index (χ1v) is 10.4. The fourth-order valence-corrected chi connectivity index (χ4v) is 2.60. The first-order chi connectivity index (χ1) is 14.5. The van der Waals surface area contributed by atoms with Gasteiger partial charge in [0.25, 0.3) is 0 Å². The molecule has 0 aromatic carbocycles. The van der Waals surface area contributed by atoms with Crippen molar-refractivity contribution in [3.8, 4) is 23.7 Å². The molecule has 0 aliphatic carbocycles. The minimum atomic E-state index is -0.898. The average Bonchev–Trinajstić information content (AvgIpc) is 2.75. The van der Waals surface area contributed by atoms with E-state index >= 15 is 0 Å². The normalized spacial score (nSPS) is 14.6. The van der Waals surface area contributed by atoms with E-state index in [9.17, 15) is 15.0 Å². The monoisotopic (exact) mass is 420 g/mol. The number of carbonyl (C=O) groups is 1. The van der Waals surface area contributed by atoms with Gasteiger partial charge in [-0.1, -0.05) is 50.7 Å². The summed E-state index contributed by atoms with van der Waals surface area (Å²) in [5, 5.41) is 19.9. The molecule has 0 saturated carbocycles. The van der Waals surface area contributed by atoms with Crippen molar-refractivity contribution in [2.24, 2.45) is 0 Å². The summed E-state index contributed by atoms with van der Waals surface area (Å²) in [6.45, 7) is 5.94. The van der Waals surface area contributed by atoms with Gasteiger partial charge in [-0.3, -0.25) is 4.79 Å². The molecule has 2 N–H and O–H groups in total. The highest BCUT2D eigenvalue weighted by atomic mass is 16.5. The van der Waals surface area contributed by atoms with Crippen LogP contribution < -0.4 is 0 Å². The Labute approximate surface area is 181 Å². The Balaban J connectivity index is 4.92. The molecule has 0 spiro atoms. The number of ether oxygens (including phenoxy) is 3. The maximum absolute atomic E-state index is 11.2. The first kappa shape index (κ1) is 27.9. The van der Waals surface area contributed by atoms with Crippen LogP contribution in [0, 0.1) is 23.7 Å². The van der Waals surface area contributed by atoms with Gasteiger partial charge in [-0.2, -0.15) is 0 Å². The smallest absolute Gasteiger partial charge is 0.305 e. The Morgan fingerprint density at radius 3 is 2.53 bits per heavy atom. The van der Waals surface area contributed by atoms with Crippen molar-refractivity contribution in [1.29, 1.82) is 0 Å². The summed E-state index contributed by atoms with van der Waals surface area (Å²) in [7, 11) is 2.92. The zero-order valence-corrected chi connectivity index (χ0v) is 18.4. The van der Waals surface area contributed by atoms with Crippen LogP contribution in [0.5, 0.6) is 0 Å². The van der Waals surface area contributed by atoms with Crippen molar-refractivity contribution >= 4 is 5.97 Å². The van der Waals surface area contributed by atoms with Gasteiger partial charge in [0, 0.05) is 20.1 Å². The third-order valence-electron chi connectivity index (χ3n) is 4.34. The average molecular weight is 421 g/mol. The molecule has 0 bridgehead atoms. The third kappa shape index (κ3) is 14.0. The van der Waals surface area contributed by atoms with Crippen LogP contribution in [0.3, 0.4) is 0 Å². The molecule has 168 valence electrons. The van der Waals surface area contributed by atoms with Gasteiger partial charge in [0.15, 0.2) is 0 Å². The lowest BCUT2D eigenvalue weighted by Gasteiger charge is -2.28. The maximum Gasteiger partial charge on any atom is 0.305 e. The molecule has 0 saturated heterocycles. The highest BCUT2D eigenvalue weighted by molar-refractivity contribution is 5.68. The molecule has 4 atom stereocenters. The topological polar surface area (TPSA) is 85.2 Å². The van der Waals surface area contributed by atoms with Crippen LogP contribution in [0.25, 0.3) is 0 Å². The van der Waals surface area contributed by atoms with Crippen molar-refractivity contribution in [3.05, 3.63) is 24.8 Å². The van der Waals surface area contributed by atoms with Crippen molar-refractivity contribution in [2.75, 3.05) is 20.8 Å². The van der Waals surface area contributed by atoms with Crippen LogP contribution in [0.4, 0.5) is 0 Å². The molecule has 30 heavy (non-hydrogen) atoms. The second kappa shape index (κ2) is 18.9. The van der Waals surface area contributed by atoms with Gasteiger partial charge in [-0.15, -0.1) is 0 Å². The zero-order valence-electron chi connectivity index (χ0n) is 18.4. The molecule has 0 rings (SSSR count). The van der Waals surface area contributed by atoms with Crippen LogP contribution in [0.15, 0.2) is 24.8 Å². The summed E-state index contributed by atoms with van der Waals surface area (Å²) in [4.78, 5) is 11.2. The summed E-state index contributed by atoms with van der Waals surface area (Å²) >= 11 is 0. The summed E-state index contributed by atoms with van der Waals surface area (Å²) in [6.07, 6.45) is 7.32. The van der Waals surface area contributed by atoms with Gasteiger partial charge < -0.3 is 24.4 Å². The summed E-state index contributed by atoms with van der Waals surface area (Å²) in [5.74, 6) is 10.2. The summed E-state index contributed by atoms with van der Waals surface area (Å²) in [5.41, 5.74) is 0. The summed E-state index contributed by atoms with van der Waals surface area (Å²) in [6, 6.07) is 0. The highest BCUT2D eigenvalue weighted by Crippen LogP contribution is 2.16. The Hall–Kier alpha value is -2.09. The lowest BCUT2D eigenvalue weighted by molar-refractivity contribution is -0.140. The molecular weight excluding hydrogens is 384 g/mol. The molecule has 0 aliphatic rings. The number of aliphatic hydroxyl groups excluding tert-OH is 2. The second-order valence-electron chi connectivity index (χ2n) is 6.71. The van der Waals surface area contributed by atoms with Gasteiger partial charge in [0.05, 0.1) is 13.2 Å². The largest absolute Gasteiger partial charge is 0.469 e. The van der Waals surface area contributed by atoms with Crippen LogP contribution in [0.2, 0.25) is 0 Å². The maximum atomic E-state index is 11.2. The Bertz CT molecular complexity index is 619. The number of unbranched alkanes of at least 4 members (excludes halogenated alkanes) is 3. The third-order valence-corrected chi connectivity index (χ3v) is 4.34. The number of hydrogen-bond donors (Lipinski definition) is 2. The molecule has 0 heterocycles. The fraction of sp³-hybridized carbons (Fsp3) is 0.625. The minimum absolute atomic E-state index is 0.244. The van der Waals surface area contributed by atoms with E-state index in [-0.39, 0.29) is 5.97 Å².